The number of carboxylic acid groups (broad SMARTS) is 1. The number of nitrogens with zero attached hydrogens (tertiary/aromatic N) is 2. The van der Waals surface area contributed by atoms with E-state index in [1.165, 1.54) is 27.7 Å². The van der Waals surface area contributed by atoms with Crippen LogP contribution < -0.4 is 4.74 Å². The Morgan fingerprint density at radius 3 is 2.00 bits per heavy atom. The molecule has 0 unspecified atom stereocenters. The number of hydrogen-bond acceptors (Lipinski definition) is 3. The van der Waals surface area contributed by atoms with Gasteiger partial charge in [-0.15, -0.1) is 0 Å². The van der Waals surface area contributed by atoms with Crippen molar-refractivity contribution in [1.82, 2.24) is 9.47 Å². The first-order valence-corrected chi connectivity index (χ1v) is 15.7. The molecule has 1 aliphatic heterocycles. The summed E-state index contributed by atoms with van der Waals surface area (Å²) in [5.74, 6) is -1.46. The van der Waals surface area contributed by atoms with Crippen LogP contribution in [0.25, 0.3) is 22.2 Å². The minimum Gasteiger partial charge on any atom is -0.492 e. The zero-order valence-corrected chi connectivity index (χ0v) is 26.4. The highest BCUT2D eigenvalue weighted by atomic mass is 35.5. The van der Waals surface area contributed by atoms with Crippen LogP contribution in [0.2, 0.25) is 10.0 Å². The topological polar surface area (TPSA) is 54.7 Å². The number of benzene rings is 4. The van der Waals surface area contributed by atoms with Gasteiger partial charge in [0, 0.05) is 27.5 Å². The summed E-state index contributed by atoms with van der Waals surface area (Å²) >= 11 is 13.1. The Balaban J connectivity index is 0.000000537. The summed E-state index contributed by atoms with van der Waals surface area (Å²) in [6, 6.07) is 35.5. The first kappa shape index (κ1) is 33.4. The number of rotatable bonds is 8. The molecule has 10 heteroatoms. The Morgan fingerprint density at radius 1 is 0.826 bits per heavy atom. The summed E-state index contributed by atoms with van der Waals surface area (Å²) in [5.41, 5.74) is 6.26. The number of hydrogen-bond donors (Lipinski definition) is 1. The van der Waals surface area contributed by atoms with Gasteiger partial charge in [-0.25, -0.2) is 4.79 Å². The summed E-state index contributed by atoms with van der Waals surface area (Å²) in [7, 11) is 0. The lowest BCUT2D eigenvalue weighted by atomic mass is 9.89. The standard InChI is InChI=1S/C34H32Cl2N2O.C2HF3O2/c35-30-15-9-16-31(36)33(30)25-18-20-37(21-19-25)24-29-28-14-7-8-17-32(28)38(34(29)26-10-3-1-4-11-26)22-23-39-27-12-5-2-6-13-27;3-2(4,5)1(6)7/h1-17,25H,18-24H2;(H,6,7). The second-order valence-electron chi connectivity index (χ2n) is 11.0. The molecule has 0 saturated carbocycles. The van der Waals surface area contributed by atoms with Crippen molar-refractivity contribution in [1.29, 1.82) is 0 Å². The molecule has 4 aromatic carbocycles. The van der Waals surface area contributed by atoms with E-state index in [0.29, 0.717) is 12.5 Å². The monoisotopic (exact) mass is 668 g/mol. The van der Waals surface area contributed by atoms with E-state index >= 15 is 0 Å². The maximum absolute atomic E-state index is 10.6. The van der Waals surface area contributed by atoms with Gasteiger partial charge in [-0.05, 0) is 78.9 Å². The number of aliphatic carboxylic acids is 1. The average molecular weight is 670 g/mol. The predicted molar refractivity (Wildman–Crippen MR) is 177 cm³/mol. The van der Waals surface area contributed by atoms with E-state index in [1.54, 1.807) is 0 Å². The van der Waals surface area contributed by atoms with Crippen LogP contribution in [-0.2, 0) is 17.9 Å². The fourth-order valence-corrected chi connectivity index (χ4v) is 6.68. The third kappa shape index (κ3) is 8.05. The Morgan fingerprint density at radius 2 is 1.39 bits per heavy atom. The third-order valence-electron chi connectivity index (χ3n) is 8.07. The van der Waals surface area contributed by atoms with Crippen LogP contribution in [0.4, 0.5) is 13.2 Å². The number of alkyl halides is 3. The van der Waals surface area contributed by atoms with Crippen LogP contribution >= 0.6 is 23.2 Å². The molecule has 0 atom stereocenters. The highest BCUT2D eigenvalue weighted by Crippen LogP contribution is 2.39. The van der Waals surface area contributed by atoms with Crippen molar-refractivity contribution < 1.29 is 27.8 Å². The van der Waals surface area contributed by atoms with Gasteiger partial charge < -0.3 is 14.4 Å². The van der Waals surface area contributed by atoms with Crippen LogP contribution in [0.15, 0.2) is 103 Å². The van der Waals surface area contributed by atoms with Gasteiger partial charge in [0.1, 0.15) is 12.4 Å². The summed E-state index contributed by atoms with van der Waals surface area (Å²) in [4.78, 5) is 11.5. The lowest BCUT2D eigenvalue weighted by molar-refractivity contribution is -0.192. The number of fused-ring (bicyclic) bond motifs is 1. The molecule has 0 amide bonds. The molecule has 1 N–H and O–H groups in total. The van der Waals surface area contributed by atoms with E-state index in [-0.39, 0.29) is 0 Å². The zero-order chi connectivity index (χ0) is 32.7. The van der Waals surface area contributed by atoms with Gasteiger partial charge >= 0.3 is 12.1 Å². The fourth-order valence-electron chi connectivity index (χ4n) is 5.97. The zero-order valence-electron chi connectivity index (χ0n) is 24.9. The second kappa shape index (κ2) is 15.1. The van der Waals surface area contributed by atoms with Crippen LogP contribution in [0.1, 0.15) is 29.9 Å². The highest BCUT2D eigenvalue weighted by Gasteiger charge is 2.38. The molecule has 0 spiro atoms. The normalized spacial score (nSPS) is 14.1. The molecule has 46 heavy (non-hydrogen) atoms. The van der Waals surface area contributed by atoms with Gasteiger partial charge in [-0.1, -0.05) is 96.0 Å². The van der Waals surface area contributed by atoms with Gasteiger partial charge in [-0.3, -0.25) is 4.90 Å². The largest absolute Gasteiger partial charge is 0.492 e. The SMILES string of the molecule is Clc1cccc(Cl)c1C1CCN(Cc2c(-c3ccccc3)n(CCOc3ccccc3)c3ccccc23)CC1.O=C(O)C(F)(F)F. The van der Waals surface area contributed by atoms with Gasteiger partial charge in [0.25, 0.3) is 0 Å². The van der Waals surface area contributed by atoms with Crippen molar-refractivity contribution in [3.63, 3.8) is 0 Å². The van der Waals surface area contributed by atoms with E-state index in [9.17, 15) is 13.2 Å². The maximum Gasteiger partial charge on any atom is 0.490 e. The van der Waals surface area contributed by atoms with Gasteiger partial charge in [0.05, 0.1) is 12.2 Å². The summed E-state index contributed by atoms with van der Waals surface area (Å²) in [6.07, 6.45) is -2.98. The predicted octanol–water partition coefficient (Wildman–Crippen LogP) is 9.71. The number of carbonyl (C=O) groups is 1. The number of piperidine rings is 1. The first-order valence-electron chi connectivity index (χ1n) is 14.9. The van der Waals surface area contributed by atoms with Crippen LogP contribution in [-0.4, -0.2) is 46.4 Å². The third-order valence-corrected chi connectivity index (χ3v) is 8.73. The molecular weight excluding hydrogens is 636 g/mol. The summed E-state index contributed by atoms with van der Waals surface area (Å²) < 4.78 is 40.3. The van der Waals surface area contributed by atoms with Crippen molar-refractivity contribution in [3.05, 3.63) is 124 Å². The van der Waals surface area contributed by atoms with Gasteiger partial charge in [0.15, 0.2) is 0 Å². The van der Waals surface area contributed by atoms with Crippen molar-refractivity contribution in [2.24, 2.45) is 0 Å². The number of ether oxygens (including phenoxy) is 1. The molecule has 5 nitrogen and oxygen atoms in total. The Hall–Kier alpha value is -3.98. The minimum absolute atomic E-state index is 0.396. The lowest BCUT2D eigenvalue weighted by Crippen LogP contribution is -2.32. The summed E-state index contributed by atoms with van der Waals surface area (Å²) in [5, 5.41) is 10.0. The number of para-hydroxylation sites is 2. The number of likely N-dealkylation sites (tertiary alicyclic amines) is 1. The molecule has 0 bridgehead atoms. The highest BCUT2D eigenvalue weighted by molar-refractivity contribution is 6.36. The Kier molecular flexibility index (Phi) is 10.9. The molecule has 6 rings (SSSR count). The molecule has 1 saturated heterocycles. The quantitative estimate of drug-likeness (QED) is 0.179. The molecule has 0 radical (unpaired) electrons. The molecule has 1 aromatic heterocycles. The van der Waals surface area contributed by atoms with Gasteiger partial charge in [0.2, 0.25) is 0 Å². The van der Waals surface area contributed by atoms with Crippen LogP contribution in [0.5, 0.6) is 5.75 Å². The van der Waals surface area contributed by atoms with Crippen molar-refractivity contribution in [3.8, 4) is 17.0 Å². The number of halogens is 5. The molecular formula is C36H33Cl2F3N2O3. The van der Waals surface area contributed by atoms with Gasteiger partial charge in [-0.2, -0.15) is 13.2 Å². The van der Waals surface area contributed by atoms with E-state index in [0.717, 1.165) is 60.4 Å². The van der Waals surface area contributed by atoms with E-state index < -0.39 is 12.1 Å². The van der Waals surface area contributed by atoms with Crippen LogP contribution in [0, 0.1) is 0 Å². The maximum atomic E-state index is 10.6. The van der Waals surface area contributed by atoms with E-state index in [1.807, 2.05) is 48.5 Å². The van der Waals surface area contributed by atoms with Crippen molar-refractivity contribution in [2.75, 3.05) is 19.7 Å². The molecule has 240 valence electrons. The van der Waals surface area contributed by atoms with Crippen LogP contribution in [0.3, 0.4) is 0 Å². The van der Waals surface area contributed by atoms with E-state index in [4.69, 9.17) is 37.8 Å². The Bertz CT molecular complexity index is 1730. The fraction of sp³-hybridized carbons (Fsp3) is 0.250. The smallest absolute Gasteiger partial charge is 0.490 e. The first-order chi connectivity index (χ1) is 22.1. The molecule has 1 fully saturated rings. The molecule has 5 aromatic rings. The average Bonchev–Trinajstić information content (AvgIpc) is 3.35. The second-order valence-corrected chi connectivity index (χ2v) is 11.8. The Labute approximate surface area is 275 Å². The summed E-state index contributed by atoms with van der Waals surface area (Å²) in [6.45, 7) is 4.30. The van der Waals surface area contributed by atoms with Crippen molar-refractivity contribution in [2.45, 2.75) is 38.0 Å². The lowest BCUT2D eigenvalue weighted by Gasteiger charge is -2.33. The van der Waals surface area contributed by atoms with E-state index in [2.05, 4.69) is 64.1 Å². The molecule has 1 aliphatic rings. The minimum atomic E-state index is -5.08. The van der Waals surface area contributed by atoms with Crippen molar-refractivity contribution >= 4 is 40.1 Å². The molecule has 2 heterocycles. The molecule has 0 aliphatic carbocycles. The number of aromatic nitrogens is 1. The number of carboxylic acids is 1.